The molecule has 4 N–H and O–H groups in total. The summed E-state index contributed by atoms with van der Waals surface area (Å²) in [6.45, 7) is 0. The zero-order valence-corrected chi connectivity index (χ0v) is 10.1. The molecule has 0 fully saturated rings. The lowest BCUT2D eigenvalue weighted by atomic mass is 10.1. The van der Waals surface area contributed by atoms with Gasteiger partial charge in [0.05, 0.1) is 6.10 Å². The molecule has 0 radical (unpaired) electrons. The van der Waals surface area contributed by atoms with E-state index in [2.05, 4.69) is 25.9 Å². The molecule has 5 nitrogen and oxygen atoms in total. The average Bonchev–Trinajstić information content (AvgIpc) is 2.17. The normalized spacial score (nSPS) is 14.9. The molecule has 0 aliphatic heterocycles. The van der Waals surface area contributed by atoms with Crippen molar-refractivity contribution in [3.05, 3.63) is 17.0 Å². The van der Waals surface area contributed by atoms with Crippen LogP contribution in [0.5, 0.6) is 0 Å². The summed E-state index contributed by atoms with van der Waals surface area (Å²) in [5, 5.41) is 19.9. The van der Waals surface area contributed by atoms with Gasteiger partial charge in [0.2, 0.25) is 5.28 Å². The molecular weight excluding hydrogens is 285 g/mol. The van der Waals surface area contributed by atoms with Crippen molar-refractivity contribution in [1.29, 1.82) is 0 Å². The number of aliphatic hydroxyl groups excluding tert-OH is 2. The Kier molecular flexibility index (Phi) is 4.72. The number of nitrogens with zero attached hydrogens (tertiary/aromatic N) is 2. The van der Waals surface area contributed by atoms with E-state index >= 15 is 0 Å². The highest BCUT2D eigenvalue weighted by molar-refractivity contribution is 9.09. The van der Waals surface area contributed by atoms with Crippen LogP contribution in [-0.4, -0.2) is 31.6 Å². The molecular formula is C8H11BrClN3O2. The molecule has 0 aliphatic rings. The average molecular weight is 297 g/mol. The Balaban J connectivity index is 2.86. The van der Waals surface area contributed by atoms with Gasteiger partial charge in [-0.05, 0) is 18.0 Å². The smallest absolute Gasteiger partial charge is 0.224 e. The molecule has 0 aliphatic carbocycles. The van der Waals surface area contributed by atoms with Crippen LogP contribution < -0.4 is 5.73 Å². The van der Waals surface area contributed by atoms with Gasteiger partial charge in [0.1, 0.15) is 11.9 Å². The molecule has 84 valence electrons. The van der Waals surface area contributed by atoms with E-state index in [0.717, 1.165) is 0 Å². The van der Waals surface area contributed by atoms with Crippen molar-refractivity contribution in [3.8, 4) is 0 Å². The second kappa shape index (κ2) is 5.60. The second-order valence-electron chi connectivity index (χ2n) is 2.97. The Labute approximate surface area is 100 Å². The molecule has 1 aromatic rings. The molecule has 0 spiro atoms. The Morgan fingerprint density at radius 2 is 2.20 bits per heavy atom. The van der Waals surface area contributed by atoms with E-state index in [4.69, 9.17) is 17.3 Å². The Bertz CT molecular complexity index is 340. The van der Waals surface area contributed by atoms with Crippen molar-refractivity contribution in [2.24, 2.45) is 0 Å². The van der Waals surface area contributed by atoms with Crippen LogP contribution in [0.1, 0.15) is 18.1 Å². The number of rotatable bonds is 4. The maximum absolute atomic E-state index is 9.72. The van der Waals surface area contributed by atoms with Gasteiger partial charge >= 0.3 is 0 Å². The van der Waals surface area contributed by atoms with Crippen LogP contribution in [0.15, 0.2) is 6.20 Å². The van der Waals surface area contributed by atoms with Crippen molar-refractivity contribution in [2.45, 2.75) is 18.6 Å². The number of alkyl halides is 1. The highest BCUT2D eigenvalue weighted by Gasteiger charge is 2.21. The van der Waals surface area contributed by atoms with Gasteiger partial charge in [0.15, 0.2) is 0 Å². The number of nitrogen functional groups attached to an aromatic ring is 1. The summed E-state index contributed by atoms with van der Waals surface area (Å²) in [4.78, 5) is 7.38. The molecule has 1 aromatic heterocycles. The lowest BCUT2D eigenvalue weighted by molar-refractivity contribution is 0.0174. The van der Waals surface area contributed by atoms with E-state index in [1.165, 1.54) is 6.20 Å². The predicted molar refractivity (Wildman–Crippen MR) is 60.8 cm³/mol. The molecule has 0 amide bonds. The molecule has 7 heteroatoms. The van der Waals surface area contributed by atoms with Crippen LogP contribution in [0.4, 0.5) is 5.82 Å². The Morgan fingerprint density at radius 3 is 2.73 bits per heavy atom. The van der Waals surface area contributed by atoms with Crippen molar-refractivity contribution in [2.75, 3.05) is 11.1 Å². The monoisotopic (exact) mass is 295 g/mol. The first-order valence-corrected chi connectivity index (χ1v) is 5.76. The van der Waals surface area contributed by atoms with E-state index in [0.29, 0.717) is 11.8 Å². The fourth-order valence-electron chi connectivity index (χ4n) is 1.09. The van der Waals surface area contributed by atoms with Crippen LogP contribution in [0.2, 0.25) is 5.28 Å². The predicted octanol–water partition coefficient (Wildman–Crippen LogP) is 0.891. The quantitative estimate of drug-likeness (QED) is 0.567. The largest absolute Gasteiger partial charge is 0.390 e. The molecule has 0 bridgehead atoms. The van der Waals surface area contributed by atoms with E-state index in [1.54, 1.807) is 0 Å². The minimum absolute atomic E-state index is 0.0124. The van der Waals surface area contributed by atoms with Crippen LogP contribution >= 0.6 is 27.5 Å². The minimum atomic E-state index is -1.10. The number of nitrogens with two attached hydrogens (primary N) is 1. The van der Waals surface area contributed by atoms with E-state index in [1.807, 2.05) is 0 Å². The highest BCUT2D eigenvalue weighted by Crippen LogP contribution is 2.23. The number of halogens is 2. The summed E-state index contributed by atoms with van der Waals surface area (Å²) < 4.78 is 0. The third-order valence-electron chi connectivity index (χ3n) is 1.91. The molecule has 1 heterocycles. The molecule has 0 aromatic carbocycles. The first kappa shape index (κ1) is 12.6. The standard InChI is InChI=1S/C8H11BrClN3O2/c9-2-1-5(14)6(15)4-3-12-8(10)13-7(4)11/h3,5-6,14-15H,1-2H2,(H2,11,12,13). The number of hydrogen-bond acceptors (Lipinski definition) is 5. The third kappa shape index (κ3) is 3.27. The van der Waals surface area contributed by atoms with Crippen molar-refractivity contribution in [1.82, 2.24) is 9.97 Å². The number of aromatic nitrogens is 2. The van der Waals surface area contributed by atoms with Gasteiger partial charge in [-0.2, -0.15) is 0 Å². The fraction of sp³-hybridized carbons (Fsp3) is 0.500. The lowest BCUT2D eigenvalue weighted by Gasteiger charge is -2.17. The summed E-state index contributed by atoms with van der Waals surface area (Å²) in [7, 11) is 0. The van der Waals surface area contributed by atoms with Crippen molar-refractivity contribution < 1.29 is 10.2 Å². The molecule has 0 saturated heterocycles. The zero-order chi connectivity index (χ0) is 11.4. The topological polar surface area (TPSA) is 92.3 Å². The zero-order valence-electron chi connectivity index (χ0n) is 7.77. The van der Waals surface area contributed by atoms with Crippen LogP contribution in [0, 0.1) is 0 Å². The second-order valence-corrected chi connectivity index (χ2v) is 4.10. The minimum Gasteiger partial charge on any atom is -0.390 e. The number of aliphatic hydroxyl groups is 2. The van der Waals surface area contributed by atoms with Gasteiger partial charge in [0.25, 0.3) is 0 Å². The Morgan fingerprint density at radius 1 is 1.53 bits per heavy atom. The van der Waals surface area contributed by atoms with Crippen LogP contribution in [0.3, 0.4) is 0 Å². The van der Waals surface area contributed by atoms with Crippen molar-refractivity contribution in [3.63, 3.8) is 0 Å². The first-order chi connectivity index (χ1) is 7.06. The summed E-state index contributed by atoms with van der Waals surface area (Å²) in [5.74, 6) is 0.0797. The van der Waals surface area contributed by atoms with E-state index in [9.17, 15) is 10.2 Å². The lowest BCUT2D eigenvalue weighted by Crippen LogP contribution is -2.20. The fourth-order valence-corrected chi connectivity index (χ4v) is 1.70. The van der Waals surface area contributed by atoms with Gasteiger partial charge < -0.3 is 15.9 Å². The number of anilines is 1. The van der Waals surface area contributed by atoms with Crippen LogP contribution in [-0.2, 0) is 0 Å². The highest BCUT2D eigenvalue weighted by atomic mass is 79.9. The van der Waals surface area contributed by atoms with Gasteiger partial charge in [0, 0.05) is 17.1 Å². The summed E-state index contributed by atoms with van der Waals surface area (Å²) in [6.07, 6.45) is -0.285. The Hall–Kier alpha value is -0.430. The molecule has 2 atom stereocenters. The maximum atomic E-state index is 9.72. The molecule has 1 rings (SSSR count). The first-order valence-electron chi connectivity index (χ1n) is 4.26. The van der Waals surface area contributed by atoms with Gasteiger partial charge in [-0.1, -0.05) is 15.9 Å². The van der Waals surface area contributed by atoms with Gasteiger partial charge in [-0.15, -0.1) is 0 Å². The summed E-state index contributed by atoms with van der Waals surface area (Å²) >= 11 is 8.67. The molecule has 15 heavy (non-hydrogen) atoms. The van der Waals surface area contributed by atoms with Crippen LogP contribution in [0.25, 0.3) is 0 Å². The van der Waals surface area contributed by atoms with Gasteiger partial charge in [-0.3, -0.25) is 0 Å². The molecule has 0 saturated carbocycles. The van der Waals surface area contributed by atoms with E-state index < -0.39 is 12.2 Å². The SMILES string of the molecule is Nc1nc(Cl)ncc1C(O)C(O)CCBr. The third-order valence-corrected chi connectivity index (χ3v) is 2.55. The van der Waals surface area contributed by atoms with Gasteiger partial charge in [-0.25, -0.2) is 9.97 Å². The molecule has 2 unspecified atom stereocenters. The van der Waals surface area contributed by atoms with Crippen molar-refractivity contribution >= 4 is 33.3 Å². The van der Waals surface area contributed by atoms with E-state index in [-0.39, 0.29) is 16.7 Å². The summed E-state index contributed by atoms with van der Waals surface area (Å²) in [6, 6.07) is 0. The maximum Gasteiger partial charge on any atom is 0.224 e. The number of hydrogen-bond donors (Lipinski definition) is 3. The summed E-state index contributed by atoms with van der Waals surface area (Å²) in [5.41, 5.74) is 5.82.